The molecule has 4 aromatic carbocycles. The summed E-state index contributed by atoms with van der Waals surface area (Å²) in [6.07, 6.45) is 0.141. The first kappa shape index (κ1) is 40.5. The van der Waals surface area contributed by atoms with Crippen molar-refractivity contribution < 1.29 is 33.6 Å². The zero-order valence-corrected chi connectivity index (χ0v) is 32.6. The Morgan fingerprint density at radius 1 is 0.926 bits per heavy atom. The van der Waals surface area contributed by atoms with Gasteiger partial charge >= 0.3 is 12.2 Å². The minimum atomic E-state index is -1.23. The summed E-state index contributed by atoms with van der Waals surface area (Å²) in [6.45, 7) is 12.8. The lowest BCUT2D eigenvalue weighted by Crippen LogP contribution is -2.51. The molecule has 9 nitrogen and oxygen atoms in total. The number of alkyl carbamates (subject to hydrolysis) is 1. The fourth-order valence-electron chi connectivity index (χ4n) is 7.06. The van der Waals surface area contributed by atoms with Crippen LogP contribution in [0.15, 0.2) is 97.1 Å². The third-order valence-corrected chi connectivity index (χ3v) is 9.82. The van der Waals surface area contributed by atoms with Gasteiger partial charge in [-0.25, -0.2) is 9.59 Å². The number of carbonyl (C=O) groups excluding carboxylic acids is 2. The van der Waals surface area contributed by atoms with E-state index in [9.17, 15) is 14.7 Å². The molecule has 0 saturated carbocycles. The number of hydrogen-bond acceptors (Lipinski definition) is 7. The van der Waals surface area contributed by atoms with Gasteiger partial charge in [-0.05, 0) is 85.0 Å². The normalized spacial score (nSPS) is 17.8. The fraction of sp³-hybridized carbons (Fsp3) is 0.422. The van der Waals surface area contributed by atoms with Gasteiger partial charge in [0, 0.05) is 38.6 Å². The molecule has 0 spiro atoms. The van der Waals surface area contributed by atoms with E-state index < -0.39 is 23.2 Å². The number of piperidine rings is 1. The Morgan fingerprint density at radius 2 is 1.63 bits per heavy atom. The lowest BCUT2D eigenvalue weighted by Gasteiger charge is -2.45. The number of nitrogens with one attached hydrogen (secondary N) is 1. The van der Waals surface area contributed by atoms with Crippen LogP contribution in [-0.2, 0) is 44.2 Å². The van der Waals surface area contributed by atoms with Crippen LogP contribution in [0.4, 0.5) is 9.59 Å². The average Bonchev–Trinajstić information content (AvgIpc) is 3.14. The van der Waals surface area contributed by atoms with Crippen molar-refractivity contribution >= 4 is 12.2 Å². The van der Waals surface area contributed by atoms with Gasteiger partial charge in [-0.3, -0.25) is 0 Å². The molecule has 9 heteroatoms. The van der Waals surface area contributed by atoms with Gasteiger partial charge in [0.2, 0.25) is 0 Å². The van der Waals surface area contributed by atoms with Gasteiger partial charge in [0.05, 0.1) is 25.4 Å². The highest BCUT2D eigenvalue weighted by Crippen LogP contribution is 2.45. The average molecular weight is 737 g/mol. The molecule has 0 bridgehead atoms. The van der Waals surface area contributed by atoms with Crippen LogP contribution >= 0.6 is 0 Å². The maximum absolute atomic E-state index is 13.3. The standard InChI is InChI=1S/C45H56N2O7/c1-32(28-51-6)29-52-30-35-16-19-38(20-17-35)45(50)23-25-47(43(49)54-44(3,4)5)27-41(45)39-21-18-37(26-33(39)2)40-15-11-10-14-36(40)22-24-46-42(48)53-31-34-12-8-7-9-13-34/h7-21,26,32,41,50H,22-25,27-31H2,1-6H3,(H,46,48)/t32-,41+,45-/m0/s1. The van der Waals surface area contributed by atoms with Gasteiger partial charge in [-0.15, -0.1) is 0 Å². The number of methoxy groups -OCH3 is 1. The van der Waals surface area contributed by atoms with E-state index in [1.54, 1.807) is 12.0 Å². The summed E-state index contributed by atoms with van der Waals surface area (Å²) >= 11 is 0. The van der Waals surface area contributed by atoms with Crippen molar-refractivity contribution in [2.45, 2.75) is 77.8 Å². The SMILES string of the molecule is COC[C@H](C)COCc1ccc([C@@]2(O)CCN(C(=O)OC(C)(C)C)C[C@@H]2c2ccc(-c3ccccc3CCNC(=O)OCc3ccccc3)cc2C)cc1. The summed E-state index contributed by atoms with van der Waals surface area (Å²) in [5, 5.41) is 15.5. The number of nitrogens with zero attached hydrogens (tertiary/aromatic N) is 1. The van der Waals surface area contributed by atoms with Crippen molar-refractivity contribution in [1.82, 2.24) is 10.2 Å². The summed E-state index contributed by atoms with van der Waals surface area (Å²) < 4.78 is 22.3. The second-order valence-corrected chi connectivity index (χ2v) is 15.4. The molecule has 2 amide bonds. The largest absolute Gasteiger partial charge is 0.445 e. The Kier molecular flexibility index (Phi) is 13.9. The highest BCUT2D eigenvalue weighted by atomic mass is 16.6. The number of aryl methyl sites for hydroxylation is 1. The first-order chi connectivity index (χ1) is 25.9. The van der Waals surface area contributed by atoms with E-state index in [0.29, 0.717) is 58.2 Å². The topological polar surface area (TPSA) is 107 Å². The van der Waals surface area contributed by atoms with Crippen LogP contribution in [0.2, 0.25) is 0 Å². The van der Waals surface area contributed by atoms with Crippen LogP contribution in [0.3, 0.4) is 0 Å². The Bertz CT molecular complexity index is 1820. The minimum Gasteiger partial charge on any atom is -0.445 e. The second-order valence-electron chi connectivity index (χ2n) is 15.4. The van der Waals surface area contributed by atoms with Crippen molar-refractivity contribution in [3.05, 3.63) is 130 Å². The Hall–Kier alpha value is -4.70. The molecule has 1 aliphatic rings. The summed E-state index contributed by atoms with van der Waals surface area (Å²) in [4.78, 5) is 27.4. The van der Waals surface area contributed by atoms with E-state index in [1.807, 2.05) is 87.5 Å². The number of likely N-dealkylation sites (tertiary alicyclic amines) is 1. The highest BCUT2D eigenvalue weighted by molar-refractivity contribution is 5.71. The van der Waals surface area contributed by atoms with Crippen LogP contribution in [0.1, 0.15) is 73.4 Å². The summed E-state index contributed by atoms with van der Waals surface area (Å²) in [6, 6.07) is 32.1. The van der Waals surface area contributed by atoms with Gasteiger partial charge in [0.1, 0.15) is 12.2 Å². The molecule has 1 fully saturated rings. The number of hydrogen-bond donors (Lipinski definition) is 2. The van der Waals surface area contributed by atoms with E-state index in [-0.39, 0.29) is 12.7 Å². The molecule has 0 aromatic heterocycles. The molecular formula is C45H56N2O7. The van der Waals surface area contributed by atoms with Crippen molar-refractivity contribution in [1.29, 1.82) is 0 Å². The summed E-state index contributed by atoms with van der Waals surface area (Å²) in [7, 11) is 1.69. The molecular weight excluding hydrogens is 681 g/mol. The molecule has 1 aliphatic heterocycles. The first-order valence-electron chi connectivity index (χ1n) is 18.9. The number of amides is 2. The van der Waals surface area contributed by atoms with Gasteiger partial charge < -0.3 is 34.3 Å². The zero-order chi connectivity index (χ0) is 38.7. The van der Waals surface area contributed by atoms with Gasteiger partial charge in [0.25, 0.3) is 0 Å². The molecule has 288 valence electrons. The van der Waals surface area contributed by atoms with E-state index in [0.717, 1.165) is 44.5 Å². The molecule has 0 radical (unpaired) electrons. The fourth-order valence-corrected chi connectivity index (χ4v) is 7.06. The molecule has 2 N–H and O–H groups in total. The molecule has 3 atom stereocenters. The van der Waals surface area contributed by atoms with Crippen LogP contribution in [0, 0.1) is 12.8 Å². The predicted octanol–water partition coefficient (Wildman–Crippen LogP) is 8.54. The minimum absolute atomic E-state index is 0.218. The molecule has 1 saturated heterocycles. The number of ether oxygens (including phenoxy) is 4. The van der Waals surface area contributed by atoms with E-state index in [1.165, 1.54) is 0 Å². The van der Waals surface area contributed by atoms with E-state index in [4.69, 9.17) is 18.9 Å². The third-order valence-electron chi connectivity index (χ3n) is 9.82. The number of aliphatic hydroxyl groups is 1. The van der Waals surface area contributed by atoms with E-state index in [2.05, 4.69) is 49.5 Å². The molecule has 5 rings (SSSR count). The van der Waals surface area contributed by atoms with Crippen molar-refractivity contribution in [2.75, 3.05) is 40.0 Å². The molecule has 1 heterocycles. The lowest BCUT2D eigenvalue weighted by atomic mass is 9.71. The predicted molar refractivity (Wildman–Crippen MR) is 211 cm³/mol. The maximum atomic E-state index is 13.3. The monoisotopic (exact) mass is 736 g/mol. The Morgan fingerprint density at radius 3 is 2.33 bits per heavy atom. The van der Waals surface area contributed by atoms with Crippen molar-refractivity contribution in [3.8, 4) is 11.1 Å². The zero-order valence-electron chi connectivity index (χ0n) is 32.6. The van der Waals surface area contributed by atoms with Crippen LogP contribution in [-0.4, -0.2) is 67.8 Å². The summed E-state index contributed by atoms with van der Waals surface area (Å²) in [5.74, 6) is -0.113. The Balaban J connectivity index is 1.34. The smallest absolute Gasteiger partial charge is 0.410 e. The second kappa shape index (κ2) is 18.6. The summed E-state index contributed by atoms with van der Waals surface area (Å²) in [5.41, 5.74) is 6.06. The van der Waals surface area contributed by atoms with Crippen molar-refractivity contribution in [3.63, 3.8) is 0 Å². The quantitative estimate of drug-likeness (QED) is 0.134. The Labute approximate surface area is 320 Å². The maximum Gasteiger partial charge on any atom is 0.410 e. The molecule has 0 unspecified atom stereocenters. The van der Waals surface area contributed by atoms with Gasteiger partial charge in [-0.1, -0.05) is 104 Å². The number of rotatable bonds is 14. The van der Waals surface area contributed by atoms with Crippen molar-refractivity contribution in [2.24, 2.45) is 5.92 Å². The van der Waals surface area contributed by atoms with Crippen LogP contribution in [0.5, 0.6) is 0 Å². The lowest BCUT2D eigenvalue weighted by molar-refractivity contribution is -0.0529. The highest BCUT2D eigenvalue weighted by Gasteiger charge is 2.46. The van der Waals surface area contributed by atoms with Crippen LogP contribution < -0.4 is 5.32 Å². The first-order valence-corrected chi connectivity index (χ1v) is 18.9. The van der Waals surface area contributed by atoms with Gasteiger partial charge in [-0.2, -0.15) is 0 Å². The van der Waals surface area contributed by atoms with E-state index >= 15 is 0 Å². The number of carbonyl (C=O) groups is 2. The molecule has 54 heavy (non-hydrogen) atoms. The number of benzene rings is 4. The molecule has 0 aliphatic carbocycles. The molecule has 4 aromatic rings. The van der Waals surface area contributed by atoms with Gasteiger partial charge in [0.15, 0.2) is 0 Å². The third kappa shape index (κ3) is 10.9. The van der Waals surface area contributed by atoms with Crippen LogP contribution in [0.25, 0.3) is 11.1 Å².